The highest BCUT2D eigenvalue weighted by molar-refractivity contribution is 6.36. The van der Waals surface area contributed by atoms with Gasteiger partial charge in [-0.25, -0.2) is 4.98 Å². The van der Waals surface area contributed by atoms with Crippen LogP contribution in [0.3, 0.4) is 0 Å². The fraction of sp³-hybridized carbons (Fsp3) is 0.455. The van der Waals surface area contributed by atoms with Gasteiger partial charge < -0.3 is 15.0 Å². The van der Waals surface area contributed by atoms with Crippen LogP contribution in [0.2, 0.25) is 10.0 Å². The zero-order valence-corrected chi connectivity index (χ0v) is 11.2. The number of hydrogen-bond acceptors (Lipinski definition) is 3. The van der Waals surface area contributed by atoms with E-state index in [2.05, 4.69) is 10.3 Å². The Morgan fingerprint density at radius 2 is 2.17 bits per heavy atom. The summed E-state index contributed by atoms with van der Waals surface area (Å²) in [5.74, 6) is 0.238. The molecule has 2 N–H and O–H groups in total. The lowest BCUT2D eigenvalue weighted by molar-refractivity contribution is -0.899. The fourth-order valence-electron chi connectivity index (χ4n) is 1.75. The Hall–Kier alpha value is -0.880. The molecule has 2 heterocycles. The third-order valence-corrected chi connectivity index (χ3v) is 3.17. The third-order valence-electron chi connectivity index (χ3n) is 2.68. The lowest BCUT2D eigenvalue weighted by atomic mass is 10.4. The number of ether oxygens (including phenoxy) is 1. The van der Waals surface area contributed by atoms with E-state index in [0.29, 0.717) is 35.6 Å². The summed E-state index contributed by atoms with van der Waals surface area (Å²) in [7, 11) is 0. The van der Waals surface area contributed by atoms with Gasteiger partial charge in [-0.05, 0) is 6.07 Å². The molecule has 2 rings (SSSR count). The SMILES string of the molecule is O=C(C[NH+]1CCOCC1)Nc1ncc(Cl)cc1Cl. The third kappa shape index (κ3) is 3.81. The van der Waals surface area contributed by atoms with Crippen LogP contribution < -0.4 is 10.2 Å². The van der Waals surface area contributed by atoms with Crippen LogP contribution in [-0.4, -0.2) is 43.7 Å². The topological polar surface area (TPSA) is 55.7 Å². The molecule has 1 aromatic heterocycles. The Balaban J connectivity index is 1.90. The standard InChI is InChI=1S/C11H13Cl2N3O2/c12-8-5-9(13)11(14-6-8)15-10(17)7-16-1-3-18-4-2-16/h5-6H,1-4,7H2,(H,14,15,17)/p+1. The Morgan fingerprint density at radius 3 is 2.83 bits per heavy atom. The van der Waals surface area contributed by atoms with Crippen molar-refractivity contribution in [3.05, 3.63) is 22.3 Å². The number of pyridine rings is 1. The highest BCUT2D eigenvalue weighted by Gasteiger charge is 2.18. The van der Waals surface area contributed by atoms with Crippen molar-refractivity contribution in [1.82, 2.24) is 4.98 Å². The highest BCUT2D eigenvalue weighted by Crippen LogP contribution is 2.22. The molecule has 1 fully saturated rings. The zero-order valence-electron chi connectivity index (χ0n) is 9.71. The van der Waals surface area contributed by atoms with Crippen LogP contribution in [-0.2, 0) is 9.53 Å². The predicted molar refractivity (Wildman–Crippen MR) is 69.3 cm³/mol. The van der Waals surface area contributed by atoms with Crippen molar-refractivity contribution in [2.45, 2.75) is 0 Å². The van der Waals surface area contributed by atoms with Gasteiger partial charge in [-0.3, -0.25) is 4.79 Å². The number of rotatable bonds is 3. The second-order valence-corrected chi connectivity index (χ2v) is 4.91. The van der Waals surface area contributed by atoms with Gasteiger partial charge in [0.1, 0.15) is 13.1 Å². The first-order valence-corrected chi connectivity index (χ1v) is 6.43. The molecule has 0 unspecified atom stereocenters. The number of carbonyl (C=O) groups excluding carboxylic acids is 1. The van der Waals surface area contributed by atoms with Crippen molar-refractivity contribution in [2.24, 2.45) is 0 Å². The first-order chi connectivity index (χ1) is 8.65. The molecule has 0 radical (unpaired) electrons. The van der Waals surface area contributed by atoms with Crippen LogP contribution in [0.25, 0.3) is 0 Å². The second kappa shape index (κ2) is 6.33. The van der Waals surface area contributed by atoms with Crippen molar-refractivity contribution >= 4 is 34.9 Å². The van der Waals surface area contributed by atoms with Gasteiger partial charge in [0.2, 0.25) is 0 Å². The van der Waals surface area contributed by atoms with Gasteiger partial charge in [0, 0.05) is 6.20 Å². The normalized spacial score (nSPS) is 16.6. The van der Waals surface area contributed by atoms with Gasteiger partial charge in [-0.2, -0.15) is 0 Å². The van der Waals surface area contributed by atoms with Crippen molar-refractivity contribution in [1.29, 1.82) is 0 Å². The number of nitrogens with one attached hydrogen (secondary N) is 2. The number of morpholine rings is 1. The van der Waals surface area contributed by atoms with E-state index in [1.165, 1.54) is 11.1 Å². The number of nitrogens with zero attached hydrogens (tertiary/aromatic N) is 1. The van der Waals surface area contributed by atoms with E-state index in [4.69, 9.17) is 27.9 Å². The first-order valence-electron chi connectivity index (χ1n) is 5.67. The molecule has 18 heavy (non-hydrogen) atoms. The molecule has 98 valence electrons. The van der Waals surface area contributed by atoms with Crippen LogP contribution in [0.5, 0.6) is 0 Å². The quantitative estimate of drug-likeness (QED) is 0.839. The molecule has 1 aliphatic heterocycles. The zero-order chi connectivity index (χ0) is 13.0. The fourth-order valence-corrected chi connectivity index (χ4v) is 2.17. The van der Waals surface area contributed by atoms with Gasteiger partial charge in [-0.1, -0.05) is 23.2 Å². The van der Waals surface area contributed by atoms with Gasteiger partial charge in [0.05, 0.1) is 23.3 Å². The Labute approximate surface area is 115 Å². The van der Waals surface area contributed by atoms with Crippen LogP contribution in [0.4, 0.5) is 5.82 Å². The minimum atomic E-state index is -0.108. The molecule has 7 heteroatoms. The summed E-state index contributed by atoms with van der Waals surface area (Å²) in [5, 5.41) is 3.46. The largest absolute Gasteiger partial charge is 0.370 e. The van der Waals surface area contributed by atoms with Crippen LogP contribution in [0, 0.1) is 0 Å². The molecule has 1 saturated heterocycles. The molecule has 0 aromatic carbocycles. The molecule has 0 atom stereocenters. The molecule has 0 saturated carbocycles. The minimum Gasteiger partial charge on any atom is -0.370 e. The summed E-state index contributed by atoms with van der Waals surface area (Å²) in [6.07, 6.45) is 1.45. The molecular formula is C11H14Cl2N3O2+. The smallest absolute Gasteiger partial charge is 0.280 e. The molecule has 1 amide bonds. The summed E-state index contributed by atoms with van der Waals surface area (Å²) in [5.41, 5.74) is 0. The van der Waals surface area contributed by atoms with Crippen LogP contribution in [0.1, 0.15) is 0 Å². The summed E-state index contributed by atoms with van der Waals surface area (Å²) in [6.45, 7) is 3.47. The summed E-state index contributed by atoms with van der Waals surface area (Å²) in [6, 6.07) is 1.55. The highest BCUT2D eigenvalue weighted by atomic mass is 35.5. The number of carbonyl (C=O) groups is 1. The number of halogens is 2. The number of amides is 1. The Bertz CT molecular complexity index is 436. The van der Waals surface area contributed by atoms with E-state index in [0.717, 1.165) is 13.1 Å². The monoisotopic (exact) mass is 290 g/mol. The summed E-state index contributed by atoms with van der Waals surface area (Å²) >= 11 is 11.7. The van der Waals surface area contributed by atoms with E-state index in [1.54, 1.807) is 6.07 Å². The van der Waals surface area contributed by atoms with Crippen molar-refractivity contribution in [3.63, 3.8) is 0 Å². The molecule has 1 aliphatic rings. The molecule has 5 nitrogen and oxygen atoms in total. The molecule has 0 aliphatic carbocycles. The number of hydrogen-bond donors (Lipinski definition) is 2. The molecule has 0 spiro atoms. The summed E-state index contributed by atoms with van der Waals surface area (Å²) in [4.78, 5) is 17.0. The van der Waals surface area contributed by atoms with E-state index in [9.17, 15) is 4.79 Å². The second-order valence-electron chi connectivity index (χ2n) is 4.07. The Morgan fingerprint density at radius 1 is 1.44 bits per heavy atom. The van der Waals surface area contributed by atoms with Crippen molar-refractivity contribution in [2.75, 3.05) is 38.2 Å². The maximum absolute atomic E-state index is 11.8. The predicted octanol–water partition coefficient (Wildman–Crippen LogP) is 0.242. The number of quaternary nitrogens is 1. The Kier molecular flexibility index (Phi) is 4.77. The van der Waals surface area contributed by atoms with Crippen molar-refractivity contribution in [3.8, 4) is 0 Å². The minimum absolute atomic E-state index is 0.108. The van der Waals surface area contributed by atoms with Gasteiger partial charge >= 0.3 is 0 Å². The first kappa shape index (κ1) is 13.5. The lowest BCUT2D eigenvalue weighted by Gasteiger charge is -2.23. The maximum Gasteiger partial charge on any atom is 0.280 e. The van der Waals surface area contributed by atoms with Crippen molar-refractivity contribution < 1.29 is 14.4 Å². The van der Waals surface area contributed by atoms with Gasteiger partial charge in [-0.15, -0.1) is 0 Å². The molecule has 0 bridgehead atoms. The maximum atomic E-state index is 11.8. The van der Waals surface area contributed by atoms with Gasteiger partial charge in [0.15, 0.2) is 12.4 Å². The average Bonchev–Trinajstić information content (AvgIpc) is 2.34. The van der Waals surface area contributed by atoms with Gasteiger partial charge in [0.25, 0.3) is 5.91 Å². The molecule has 1 aromatic rings. The van der Waals surface area contributed by atoms with E-state index >= 15 is 0 Å². The number of aromatic nitrogens is 1. The van der Waals surface area contributed by atoms with E-state index in [-0.39, 0.29) is 5.91 Å². The van der Waals surface area contributed by atoms with E-state index < -0.39 is 0 Å². The summed E-state index contributed by atoms with van der Waals surface area (Å²) < 4.78 is 5.23. The van der Waals surface area contributed by atoms with Crippen LogP contribution >= 0.6 is 23.2 Å². The number of anilines is 1. The lowest BCUT2D eigenvalue weighted by Crippen LogP contribution is -3.15. The van der Waals surface area contributed by atoms with Crippen LogP contribution in [0.15, 0.2) is 12.3 Å². The molecular weight excluding hydrogens is 277 g/mol. The van der Waals surface area contributed by atoms with E-state index in [1.807, 2.05) is 0 Å². The average molecular weight is 291 g/mol.